The van der Waals surface area contributed by atoms with Gasteiger partial charge in [0.1, 0.15) is 10.7 Å². The van der Waals surface area contributed by atoms with E-state index in [1.165, 1.54) is 16.4 Å². The number of halogens is 2. The van der Waals surface area contributed by atoms with Crippen molar-refractivity contribution >= 4 is 44.9 Å². The van der Waals surface area contributed by atoms with Gasteiger partial charge in [-0.2, -0.15) is 4.31 Å². The summed E-state index contributed by atoms with van der Waals surface area (Å²) < 4.78 is 27.1. The molecule has 0 aliphatic carbocycles. The lowest BCUT2D eigenvalue weighted by atomic mass is 10.3. The summed E-state index contributed by atoms with van der Waals surface area (Å²) in [5.74, 6) is 1.44. The minimum absolute atomic E-state index is 0.0369. The van der Waals surface area contributed by atoms with E-state index in [9.17, 15) is 8.42 Å². The Morgan fingerprint density at radius 3 is 2.42 bits per heavy atom. The lowest BCUT2D eigenvalue weighted by Crippen LogP contribution is -2.49. The number of rotatable bonds is 5. The van der Waals surface area contributed by atoms with Crippen molar-refractivity contribution in [2.45, 2.75) is 11.8 Å². The van der Waals surface area contributed by atoms with Gasteiger partial charge in [-0.05, 0) is 37.3 Å². The number of hydrogen-bond acceptors (Lipinski definition) is 6. The Morgan fingerprint density at radius 1 is 1.08 bits per heavy atom. The molecule has 140 valence electrons. The summed E-state index contributed by atoms with van der Waals surface area (Å²) in [6, 6.07) is 8.19. The molecule has 1 fully saturated rings. The number of piperazine rings is 1. The van der Waals surface area contributed by atoms with Gasteiger partial charge in [-0.1, -0.05) is 23.2 Å². The number of benzene rings is 1. The average Bonchev–Trinajstić information content (AvgIpc) is 2.65. The first-order valence-corrected chi connectivity index (χ1v) is 10.4. The Bertz CT molecular complexity index is 869. The summed E-state index contributed by atoms with van der Waals surface area (Å²) in [6.45, 7) is 4.47. The van der Waals surface area contributed by atoms with Crippen molar-refractivity contribution in [1.82, 2.24) is 14.5 Å². The first kappa shape index (κ1) is 19.2. The van der Waals surface area contributed by atoms with Crippen LogP contribution in [0.15, 0.2) is 35.2 Å². The molecular formula is C16H19Cl2N5O2S. The van der Waals surface area contributed by atoms with Gasteiger partial charge >= 0.3 is 0 Å². The molecule has 1 aliphatic rings. The van der Waals surface area contributed by atoms with Crippen LogP contribution in [0.2, 0.25) is 10.0 Å². The van der Waals surface area contributed by atoms with Crippen LogP contribution in [0.25, 0.3) is 0 Å². The Kier molecular flexibility index (Phi) is 5.86. The van der Waals surface area contributed by atoms with E-state index < -0.39 is 10.0 Å². The molecular weight excluding hydrogens is 397 g/mol. The van der Waals surface area contributed by atoms with Crippen LogP contribution in [0.5, 0.6) is 0 Å². The largest absolute Gasteiger partial charge is 0.369 e. The van der Waals surface area contributed by atoms with E-state index in [2.05, 4.69) is 15.5 Å². The van der Waals surface area contributed by atoms with E-state index >= 15 is 0 Å². The third-order valence-electron chi connectivity index (χ3n) is 4.08. The molecule has 0 unspecified atom stereocenters. The topological polar surface area (TPSA) is 78.4 Å². The number of anilines is 2. The second-order valence-electron chi connectivity index (χ2n) is 5.77. The van der Waals surface area contributed by atoms with E-state index in [0.717, 1.165) is 12.4 Å². The molecule has 1 N–H and O–H groups in total. The molecule has 7 nitrogen and oxygen atoms in total. The summed E-state index contributed by atoms with van der Waals surface area (Å²) in [5, 5.41) is 11.9. The first-order chi connectivity index (χ1) is 12.4. The number of sulfonamides is 1. The van der Waals surface area contributed by atoms with Crippen molar-refractivity contribution in [3.05, 3.63) is 40.4 Å². The van der Waals surface area contributed by atoms with Crippen LogP contribution in [-0.2, 0) is 10.0 Å². The highest BCUT2D eigenvalue weighted by molar-refractivity contribution is 7.89. The van der Waals surface area contributed by atoms with E-state index in [0.29, 0.717) is 37.0 Å². The summed E-state index contributed by atoms with van der Waals surface area (Å²) in [7, 11) is -3.69. The van der Waals surface area contributed by atoms with Crippen molar-refractivity contribution in [3.8, 4) is 0 Å². The number of nitrogens with zero attached hydrogens (tertiary/aromatic N) is 4. The summed E-state index contributed by atoms with van der Waals surface area (Å²) >= 11 is 12.0. The number of nitrogens with one attached hydrogen (secondary N) is 1. The van der Waals surface area contributed by atoms with Crippen LogP contribution in [-0.4, -0.2) is 55.6 Å². The Morgan fingerprint density at radius 2 is 1.81 bits per heavy atom. The van der Waals surface area contributed by atoms with E-state index in [1.807, 2.05) is 24.0 Å². The summed E-state index contributed by atoms with van der Waals surface area (Å²) in [5.41, 5.74) is 0. The van der Waals surface area contributed by atoms with Crippen LogP contribution in [0.1, 0.15) is 6.92 Å². The SMILES string of the molecule is CCNc1ccc(N2CCN(S(=O)(=O)c3cc(Cl)ccc3Cl)CC2)nn1. The fraction of sp³-hybridized carbons (Fsp3) is 0.375. The fourth-order valence-electron chi connectivity index (χ4n) is 2.74. The zero-order valence-corrected chi connectivity index (χ0v) is 16.5. The molecule has 26 heavy (non-hydrogen) atoms. The molecule has 2 aromatic rings. The van der Waals surface area contributed by atoms with Crippen molar-refractivity contribution in [3.63, 3.8) is 0 Å². The second kappa shape index (κ2) is 7.96. The zero-order valence-electron chi connectivity index (χ0n) is 14.2. The molecule has 0 saturated carbocycles. The number of hydrogen-bond donors (Lipinski definition) is 1. The molecule has 0 atom stereocenters. The van der Waals surface area contributed by atoms with Crippen molar-refractivity contribution in [2.75, 3.05) is 42.9 Å². The smallest absolute Gasteiger partial charge is 0.244 e. The van der Waals surface area contributed by atoms with Gasteiger partial charge in [0.05, 0.1) is 5.02 Å². The van der Waals surface area contributed by atoms with Gasteiger partial charge in [0.15, 0.2) is 5.82 Å². The Hall–Kier alpha value is -1.61. The molecule has 1 aromatic carbocycles. The highest BCUT2D eigenvalue weighted by Gasteiger charge is 2.30. The molecule has 2 heterocycles. The van der Waals surface area contributed by atoms with Gasteiger partial charge in [0, 0.05) is 37.7 Å². The lowest BCUT2D eigenvalue weighted by Gasteiger charge is -2.34. The van der Waals surface area contributed by atoms with Gasteiger partial charge in [0.25, 0.3) is 0 Å². The molecule has 10 heteroatoms. The Labute approximate surface area is 163 Å². The molecule has 1 aliphatic heterocycles. The van der Waals surface area contributed by atoms with Crippen molar-refractivity contribution < 1.29 is 8.42 Å². The maximum absolute atomic E-state index is 12.8. The Balaban J connectivity index is 1.70. The van der Waals surface area contributed by atoms with Gasteiger partial charge in [-0.25, -0.2) is 8.42 Å². The normalized spacial score (nSPS) is 15.9. The molecule has 0 amide bonds. The number of aromatic nitrogens is 2. The van der Waals surface area contributed by atoms with Gasteiger partial charge < -0.3 is 10.2 Å². The predicted molar refractivity (Wildman–Crippen MR) is 104 cm³/mol. The molecule has 0 bridgehead atoms. The van der Waals surface area contributed by atoms with E-state index in [-0.39, 0.29) is 9.92 Å². The quantitative estimate of drug-likeness (QED) is 0.808. The van der Waals surface area contributed by atoms with Crippen LogP contribution >= 0.6 is 23.2 Å². The maximum Gasteiger partial charge on any atom is 0.244 e. The van der Waals surface area contributed by atoms with Gasteiger partial charge in [-0.15, -0.1) is 10.2 Å². The zero-order chi connectivity index (χ0) is 18.7. The molecule has 3 rings (SSSR count). The molecule has 1 aromatic heterocycles. The molecule has 0 radical (unpaired) electrons. The lowest BCUT2D eigenvalue weighted by molar-refractivity contribution is 0.383. The molecule has 0 spiro atoms. The van der Waals surface area contributed by atoms with Crippen molar-refractivity contribution in [2.24, 2.45) is 0 Å². The van der Waals surface area contributed by atoms with Crippen molar-refractivity contribution in [1.29, 1.82) is 0 Å². The monoisotopic (exact) mass is 415 g/mol. The maximum atomic E-state index is 12.8. The minimum atomic E-state index is -3.69. The van der Waals surface area contributed by atoms with E-state index in [4.69, 9.17) is 23.2 Å². The van der Waals surface area contributed by atoms with Crippen LogP contribution < -0.4 is 10.2 Å². The third-order valence-corrected chi connectivity index (χ3v) is 6.70. The first-order valence-electron chi connectivity index (χ1n) is 8.19. The van der Waals surface area contributed by atoms with Gasteiger partial charge in [0.2, 0.25) is 10.0 Å². The summed E-state index contributed by atoms with van der Waals surface area (Å²) in [4.78, 5) is 2.05. The standard InChI is InChI=1S/C16H19Cl2N5O2S/c1-2-19-15-5-6-16(21-20-15)22-7-9-23(10-8-22)26(24,25)14-11-12(17)3-4-13(14)18/h3-6,11H,2,7-10H2,1H3,(H,19,20). The van der Waals surface area contributed by atoms with E-state index in [1.54, 1.807) is 6.07 Å². The highest BCUT2D eigenvalue weighted by atomic mass is 35.5. The fourth-order valence-corrected chi connectivity index (χ4v) is 4.90. The van der Waals surface area contributed by atoms with Gasteiger partial charge in [-0.3, -0.25) is 0 Å². The molecule has 1 saturated heterocycles. The minimum Gasteiger partial charge on any atom is -0.369 e. The summed E-state index contributed by atoms with van der Waals surface area (Å²) in [6.07, 6.45) is 0. The average molecular weight is 416 g/mol. The van der Waals surface area contributed by atoms with Crippen LogP contribution in [0, 0.1) is 0 Å². The van der Waals surface area contributed by atoms with Crippen LogP contribution in [0.3, 0.4) is 0 Å². The highest BCUT2D eigenvalue weighted by Crippen LogP contribution is 2.28. The second-order valence-corrected chi connectivity index (χ2v) is 8.52. The third kappa shape index (κ3) is 4.03. The van der Waals surface area contributed by atoms with Crippen LogP contribution in [0.4, 0.5) is 11.6 Å². The predicted octanol–water partition coefficient (Wildman–Crippen LogP) is 2.73.